The fourth-order valence-corrected chi connectivity index (χ4v) is 3.87. The summed E-state index contributed by atoms with van der Waals surface area (Å²) in [5.74, 6) is 0. The molecule has 1 fully saturated rings. The number of unbranched alkanes of at least 4 members (excludes halogenated alkanes) is 2. The predicted octanol–water partition coefficient (Wildman–Crippen LogP) is 3.11. The molecule has 1 aliphatic heterocycles. The lowest BCUT2D eigenvalue weighted by molar-refractivity contribution is -0.912. The number of nitrogens with zero attached hydrogens (tertiary/aromatic N) is 3. The number of rotatable bonds is 8. The van der Waals surface area contributed by atoms with Crippen LogP contribution in [-0.2, 0) is 0 Å². The highest BCUT2D eigenvalue weighted by atomic mass is 15.4. The first kappa shape index (κ1) is 20.1. The summed E-state index contributed by atoms with van der Waals surface area (Å²) < 4.78 is 2.23. The second-order valence-corrected chi connectivity index (χ2v) is 9.51. The van der Waals surface area contributed by atoms with Crippen LogP contribution >= 0.6 is 0 Å². The summed E-state index contributed by atoms with van der Waals surface area (Å²) >= 11 is 0. The van der Waals surface area contributed by atoms with Crippen molar-refractivity contribution in [3.63, 3.8) is 0 Å². The van der Waals surface area contributed by atoms with Crippen molar-refractivity contribution in [2.24, 2.45) is 0 Å². The molecule has 1 aromatic rings. The summed E-state index contributed by atoms with van der Waals surface area (Å²) in [6.45, 7) is 6.99. The molecule has 0 aromatic heterocycles. The number of nitrogen functional groups attached to an aromatic ring is 1. The van der Waals surface area contributed by atoms with Crippen LogP contribution in [0.2, 0.25) is 0 Å². The monoisotopic (exact) mass is 348 g/mol. The molecule has 0 amide bonds. The van der Waals surface area contributed by atoms with Crippen molar-refractivity contribution in [3.05, 3.63) is 23.8 Å². The highest BCUT2D eigenvalue weighted by molar-refractivity contribution is 5.58. The van der Waals surface area contributed by atoms with Gasteiger partial charge in [-0.15, -0.1) is 0 Å². The van der Waals surface area contributed by atoms with Crippen LogP contribution in [0, 0.1) is 6.92 Å². The number of likely N-dealkylation sites (N-methyl/N-ethyl adjacent to an activating group) is 1. The molecule has 1 saturated heterocycles. The van der Waals surface area contributed by atoms with E-state index in [9.17, 15) is 0 Å². The minimum Gasteiger partial charge on any atom is -0.399 e. The van der Waals surface area contributed by atoms with E-state index in [0.29, 0.717) is 0 Å². The van der Waals surface area contributed by atoms with Crippen molar-refractivity contribution >= 4 is 11.4 Å². The van der Waals surface area contributed by atoms with Gasteiger partial charge in [-0.05, 0) is 49.9 Å². The van der Waals surface area contributed by atoms with E-state index in [1.165, 1.54) is 50.0 Å². The van der Waals surface area contributed by atoms with Crippen LogP contribution in [0.1, 0.15) is 31.2 Å². The smallest absolute Gasteiger partial charge is 0.108 e. The number of quaternary nitrogens is 2. The van der Waals surface area contributed by atoms with Gasteiger partial charge in [0, 0.05) is 24.3 Å². The Morgan fingerprint density at radius 3 is 2.36 bits per heavy atom. The number of hydrogen-bond donors (Lipinski definition) is 1. The molecule has 1 unspecified atom stereocenters. The fraction of sp³-hybridized carbons (Fsp3) is 0.714. The van der Waals surface area contributed by atoms with Gasteiger partial charge in [-0.25, -0.2) is 0 Å². The normalized spacial score (nSPS) is 18.8. The highest BCUT2D eigenvalue weighted by Crippen LogP contribution is 2.27. The number of hydrogen-bond acceptors (Lipinski definition) is 2. The second-order valence-electron chi connectivity index (χ2n) is 9.51. The standard InChI is InChI=1S/C21H40N4/c1-18-16-19(10-11-21(18)22)23-13-12-20(17-23)25(5,6)15-9-7-8-14-24(2,3)4/h10-11,16,20H,7-9,12-15,17,22H2,1-6H3/q+2. The molecule has 0 saturated carbocycles. The average molecular weight is 349 g/mol. The Morgan fingerprint density at radius 2 is 1.72 bits per heavy atom. The molecule has 4 heteroatoms. The zero-order chi connectivity index (χ0) is 18.7. The predicted molar refractivity (Wildman–Crippen MR) is 110 cm³/mol. The maximum absolute atomic E-state index is 5.97. The first-order valence-corrected chi connectivity index (χ1v) is 9.83. The van der Waals surface area contributed by atoms with E-state index in [0.717, 1.165) is 33.8 Å². The van der Waals surface area contributed by atoms with Crippen LogP contribution in [0.25, 0.3) is 0 Å². The van der Waals surface area contributed by atoms with Gasteiger partial charge in [-0.2, -0.15) is 0 Å². The van der Waals surface area contributed by atoms with Gasteiger partial charge in [0.25, 0.3) is 0 Å². The molecule has 142 valence electrons. The van der Waals surface area contributed by atoms with Crippen molar-refractivity contribution < 1.29 is 8.97 Å². The average Bonchev–Trinajstić information content (AvgIpc) is 2.99. The number of aryl methyl sites for hydroxylation is 1. The summed E-state index contributed by atoms with van der Waals surface area (Å²) in [6.07, 6.45) is 5.32. The zero-order valence-corrected chi connectivity index (χ0v) is 17.4. The van der Waals surface area contributed by atoms with Crippen LogP contribution < -0.4 is 10.6 Å². The third-order valence-electron chi connectivity index (χ3n) is 5.83. The van der Waals surface area contributed by atoms with E-state index in [1.54, 1.807) is 0 Å². The van der Waals surface area contributed by atoms with Gasteiger partial charge in [0.15, 0.2) is 0 Å². The van der Waals surface area contributed by atoms with Gasteiger partial charge < -0.3 is 19.6 Å². The third kappa shape index (κ3) is 5.89. The molecule has 0 bridgehead atoms. The van der Waals surface area contributed by atoms with Gasteiger partial charge in [0.05, 0.1) is 54.9 Å². The van der Waals surface area contributed by atoms with E-state index in [4.69, 9.17) is 5.73 Å². The van der Waals surface area contributed by atoms with Crippen LogP contribution in [0.15, 0.2) is 18.2 Å². The Kier molecular flexibility index (Phi) is 6.39. The summed E-state index contributed by atoms with van der Waals surface area (Å²) in [4.78, 5) is 2.54. The Labute approximate surface area is 155 Å². The lowest BCUT2D eigenvalue weighted by Crippen LogP contribution is -2.50. The SMILES string of the molecule is Cc1cc(N2CCC([N+](C)(C)CCCCC[N+](C)(C)C)C2)ccc1N. The quantitative estimate of drug-likeness (QED) is 0.444. The molecular weight excluding hydrogens is 308 g/mol. The molecule has 1 heterocycles. The van der Waals surface area contributed by atoms with Crippen LogP contribution in [0.3, 0.4) is 0 Å². The van der Waals surface area contributed by atoms with Crippen molar-refractivity contribution in [1.82, 2.24) is 0 Å². The lowest BCUT2D eigenvalue weighted by atomic mass is 10.1. The second kappa shape index (κ2) is 7.96. The highest BCUT2D eigenvalue weighted by Gasteiger charge is 2.34. The lowest BCUT2D eigenvalue weighted by Gasteiger charge is -2.36. The van der Waals surface area contributed by atoms with E-state index < -0.39 is 0 Å². The summed E-state index contributed by atoms with van der Waals surface area (Å²) in [5, 5.41) is 0. The van der Waals surface area contributed by atoms with E-state index in [-0.39, 0.29) is 0 Å². The van der Waals surface area contributed by atoms with Gasteiger partial charge in [-0.3, -0.25) is 0 Å². The van der Waals surface area contributed by atoms with E-state index >= 15 is 0 Å². The fourth-order valence-electron chi connectivity index (χ4n) is 3.87. The van der Waals surface area contributed by atoms with Crippen molar-refractivity contribution in [2.45, 2.75) is 38.6 Å². The van der Waals surface area contributed by atoms with E-state index in [2.05, 4.69) is 59.2 Å². The molecule has 0 radical (unpaired) electrons. The Balaban J connectivity index is 1.81. The summed E-state index contributed by atoms with van der Waals surface area (Å²) in [5.41, 5.74) is 9.38. The molecule has 1 aromatic carbocycles. The maximum atomic E-state index is 5.97. The Morgan fingerprint density at radius 1 is 1.04 bits per heavy atom. The first-order valence-electron chi connectivity index (χ1n) is 9.83. The molecule has 1 aliphatic rings. The van der Waals surface area contributed by atoms with Crippen LogP contribution in [-0.4, -0.2) is 76.4 Å². The summed E-state index contributed by atoms with van der Waals surface area (Å²) in [6, 6.07) is 7.19. The Hall–Kier alpha value is -1.26. The molecular formula is C21H40N4+2. The molecule has 25 heavy (non-hydrogen) atoms. The number of benzene rings is 1. The summed E-state index contributed by atoms with van der Waals surface area (Å²) in [7, 11) is 11.7. The number of nitrogens with two attached hydrogens (primary N) is 1. The molecule has 2 N–H and O–H groups in total. The Bertz CT molecular complexity index is 560. The van der Waals surface area contributed by atoms with Crippen molar-refractivity contribution in [1.29, 1.82) is 0 Å². The van der Waals surface area contributed by atoms with Gasteiger partial charge in [-0.1, -0.05) is 0 Å². The van der Waals surface area contributed by atoms with Crippen LogP contribution in [0.5, 0.6) is 0 Å². The molecule has 2 rings (SSSR count). The maximum Gasteiger partial charge on any atom is 0.108 e. The topological polar surface area (TPSA) is 29.3 Å². The molecule has 4 nitrogen and oxygen atoms in total. The number of anilines is 2. The van der Waals surface area contributed by atoms with E-state index in [1.807, 2.05) is 6.07 Å². The first-order chi connectivity index (χ1) is 11.6. The van der Waals surface area contributed by atoms with Crippen molar-refractivity contribution in [3.8, 4) is 0 Å². The minimum absolute atomic E-state index is 0.733. The minimum atomic E-state index is 0.733. The zero-order valence-electron chi connectivity index (χ0n) is 17.4. The van der Waals surface area contributed by atoms with Gasteiger partial charge in [0.1, 0.15) is 6.04 Å². The molecule has 0 spiro atoms. The van der Waals surface area contributed by atoms with Crippen molar-refractivity contribution in [2.75, 3.05) is 72.1 Å². The third-order valence-corrected chi connectivity index (χ3v) is 5.83. The largest absolute Gasteiger partial charge is 0.399 e. The van der Waals surface area contributed by atoms with Crippen LogP contribution in [0.4, 0.5) is 11.4 Å². The van der Waals surface area contributed by atoms with Gasteiger partial charge >= 0.3 is 0 Å². The molecule has 1 atom stereocenters. The van der Waals surface area contributed by atoms with Gasteiger partial charge in [0.2, 0.25) is 0 Å². The molecule has 0 aliphatic carbocycles.